The maximum absolute atomic E-state index is 5.80. The molecule has 0 bridgehead atoms. The quantitative estimate of drug-likeness (QED) is 0.787. The zero-order valence-corrected chi connectivity index (χ0v) is 11.4. The van der Waals surface area contributed by atoms with Crippen LogP contribution in [-0.4, -0.2) is 55.6 Å². The van der Waals surface area contributed by atoms with Crippen LogP contribution in [-0.2, 0) is 0 Å². The Hall–Kier alpha value is -0.120. The van der Waals surface area contributed by atoms with Crippen LogP contribution in [0.4, 0.5) is 0 Å². The van der Waals surface area contributed by atoms with E-state index in [1.54, 1.807) is 0 Å². The van der Waals surface area contributed by atoms with Gasteiger partial charge in [0.15, 0.2) is 0 Å². The van der Waals surface area contributed by atoms with E-state index in [-0.39, 0.29) is 0 Å². The molecule has 0 aromatic heterocycles. The molecular weight excluding hydrogens is 210 g/mol. The van der Waals surface area contributed by atoms with Gasteiger partial charge in [-0.05, 0) is 76.8 Å². The minimum atomic E-state index is 0.768. The van der Waals surface area contributed by atoms with Gasteiger partial charge >= 0.3 is 0 Å². The minimum Gasteiger partial charge on any atom is -0.330 e. The molecule has 0 aliphatic carbocycles. The predicted molar refractivity (Wildman–Crippen MR) is 73.1 cm³/mol. The molecule has 2 aliphatic rings. The van der Waals surface area contributed by atoms with Crippen LogP contribution in [0.2, 0.25) is 0 Å². The van der Waals surface area contributed by atoms with Crippen molar-refractivity contribution in [1.82, 2.24) is 9.80 Å². The van der Waals surface area contributed by atoms with Gasteiger partial charge in [0.05, 0.1) is 0 Å². The fourth-order valence-corrected chi connectivity index (χ4v) is 3.36. The third-order valence-corrected chi connectivity index (χ3v) is 4.62. The Bertz CT molecular complexity index is 214. The van der Waals surface area contributed by atoms with Gasteiger partial charge in [-0.15, -0.1) is 0 Å². The topological polar surface area (TPSA) is 32.5 Å². The summed E-state index contributed by atoms with van der Waals surface area (Å²) in [6, 6.07) is 0. The van der Waals surface area contributed by atoms with E-state index in [9.17, 15) is 0 Å². The zero-order chi connectivity index (χ0) is 12.1. The highest BCUT2D eigenvalue weighted by molar-refractivity contribution is 4.78. The second-order valence-corrected chi connectivity index (χ2v) is 5.96. The third-order valence-electron chi connectivity index (χ3n) is 4.62. The van der Waals surface area contributed by atoms with E-state index < -0.39 is 0 Å². The van der Waals surface area contributed by atoms with Gasteiger partial charge in [-0.3, -0.25) is 0 Å². The molecule has 2 heterocycles. The maximum atomic E-state index is 5.80. The number of hydrogen-bond donors (Lipinski definition) is 1. The van der Waals surface area contributed by atoms with E-state index in [0.717, 1.165) is 18.4 Å². The molecule has 0 aromatic rings. The summed E-state index contributed by atoms with van der Waals surface area (Å²) in [6.07, 6.45) is 5.49. The lowest BCUT2D eigenvalue weighted by Crippen LogP contribution is -2.42. The van der Waals surface area contributed by atoms with Crippen molar-refractivity contribution >= 4 is 0 Å². The lowest BCUT2D eigenvalue weighted by molar-refractivity contribution is 0.128. The van der Waals surface area contributed by atoms with Crippen molar-refractivity contribution in [2.75, 3.05) is 45.8 Å². The molecule has 0 amide bonds. The Morgan fingerprint density at radius 2 is 1.76 bits per heavy atom. The average molecular weight is 239 g/mol. The molecule has 2 aliphatic heterocycles. The molecule has 2 N–H and O–H groups in total. The molecule has 2 fully saturated rings. The SMILES string of the molecule is CC1CN(CCCN2CCCC2)CCC1CN. The van der Waals surface area contributed by atoms with Gasteiger partial charge in [0, 0.05) is 6.54 Å². The monoisotopic (exact) mass is 239 g/mol. The first-order valence-electron chi connectivity index (χ1n) is 7.44. The molecule has 3 heteroatoms. The molecule has 2 rings (SSSR count). The molecule has 0 radical (unpaired) electrons. The van der Waals surface area contributed by atoms with Crippen LogP contribution in [0.3, 0.4) is 0 Å². The fourth-order valence-electron chi connectivity index (χ4n) is 3.36. The van der Waals surface area contributed by atoms with Crippen molar-refractivity contribution in [2.45, 2.75) is 32.6 Å². The maximum Gasteiger partial charge on any atom is 0.00102 e. The number of likely N-dealkylation sites (tertiary alicyclic amines) is 2. The van der Waals surface area contributed by atoms with Crippen molar-refractivity contribution in [3.8, 4) is 0 Å². The van der Waals surface area contributed by atoms with Crippen LogP contribution < -0.4 is 5.73 Å². The van der Waals surface area contributed by atoms with E-state index in [1.807, 2.05) is 0 Å². The summed E-state index contributed by atoms with van der Waals surface area (Å²) in [5.41, 5.74) is 5.80. The molecule has 0 spiro atoms. The minimum absolute atomic E-state index is 0.768. The third kappa shape index (κ3) is 3.94. The van der Waals surface area contributed by atoms with Crippen molar-refractivity contribution in [3.05, 3.63) is 0 Å². The molecule has 2 unspecified atom stereocenters. The van der Waals surface area contributed by atoms with Gasteiger partial charge in [0.25, 0.3) is 0 Å². The number of nitrogens with two attached hydrogens (primary N) is 1. The van der Waals surface area contributed by atoms with Crippen LogP contribution in [0.25, 0.3) is 0 Å². The van der Waals surface area contributed by atoms with Crippen LogP contribution in [0, 0.1) is 11.8 Å². The number of piperidine rings is 1. The Morgan fingerprint density at radius 3 is 2.41 bits per heavy atom. The molecule has 100 valence electrons. The molecule has 3 nitrogen and oxygen atoms in total. The molecule has 2 atom stereocenters. The van der Waals surface area contributed by atoms with Crippen molar-refractivity contribution in [2.24, 2.45) is 17.6 Å². The van der Waals surface area contributed by atoms with E-state index in [1.165, 1.54) is 65.0 Å². The summed E-state index contributed by atoms with van der Waals surface area (Å²) >= 11 is 0. The largest absolute Gasteiger partial charge is 0.330 e. The summed E-state index contributed by atoms with van der Waals surface area (Å²) in [6.45, 7) is 11.1. The van der Waals surface area contributed by atoms with Gasteiger partial charge in [-0.25, -0.2) is 0 Å². The number of nitrogens with zero attached hydrogens (tertiary/aromatic N) is 2. The summed E-state index contributed by atoms with van der Waals surface area (Å²) in [5.74, 6) is 1.56. The summed E-state index contributed by atoms with van der Waals surface area (Å²) < 4.78 is 0. The molecule has 2 saturated heterocycles. The standard InChI is InChI=1S/C14H29N3/c1-13-12-17(10-5-14(13)11-15)9-4-8-16-6-2-3-7-16/h13-14H,2-12,15H2,1H3. The zero-order valence-electron chi connectivity index (χ0n) is 11.4. The average Bonchev–Trinajstić information content (AvgIpc) is 2.82. The smallest absolute Gasteiger partial charge is 0.00102 e. The van der Waals surface area contributed by atoms with E-state index in [0.29, 0.717) is 0 Å². The Balaban J connectivity index is 1.60. The van der Waals surface area contributed by atoms with Gasteiger partial charge in [0.2, 0.25) is 0 Å². The van der Waals surface area contributed by atoms with Crippen molar-refractivity contribution in [3.63, 3.8) is 0 Å². The van der Waals surface area contributed by atoms with E-state index in [2.05, 4.69) is 16.7 Å². The Morgan fingerprint density at radius 1 is 1.06 bits per heavy atom. The normalized spacial score (nSPS) is 32.1. The second-order valence-electron chi connectivity index (χ2n) is 5.96. The van der Waals surface area contributed by atoms with Crippen molar-refractivity contribution in [1.29, 1.82) is 0 Å². The first kappa shape index (κ1) is 13.3. The van der Waals surface area contributed by atoms with Crippen LogP contribution in [0.15, 0.2) is 0 Å². The van der Waals surface area contributed by atoms with E-state index >= 15 is 0 Å². The summed E-state index contributed by atoms with van der Waals surface area (Å²) in [7, 11) is 0. The van der Waals surface area contributed by atoms with Crippen molar-refractivity contribution < 1.29 is 0 Å². The summed E-state index contributed by atoms with van der Waals surface area (Å²) in [5, 5.41) is 0. The van der Waals surface area contributed by atoms with Crippen LogP contribution >= 0.6 is 0 Å². The molecule has 17 heavy (non-hydrogen) atoms. The lowest BCUT2D eigenvalue weighted by Gasteiger charge is -2.36. The first-order chi connectivity index (χ1) is 8.29. The highest BCUT2D eigenvalue weighted by Gasteiger charge is 2.24. The van der Waals surface area contributed by atoms with Gasteiger partial charge in [-0.1, -0.05) is 6.92 Å². The molecule has 0 saturated carbocycles. The number of hydrogen-bond acceptors (Lipinski definition) is 3. The molecular formula is C14H29N3. The van der Waals surface area contributed by atoms with Gasteiger partial charge in [0.1, 0.15) is 0 Å². The highest BCUT2D eigenvalue weighted by atomic mass is 15.2. The lowest BCUT2D eigenvalue weighted by atomic mass is 9.87. The highest BCUT2D eigenvalue weighted by Crippen LogP contribution is 2.22. The van der Waals surface area contributed by atoms with Crippen LogP contribution in [0.5, 0.6) is 0 Å². The van der Waals surface area contributed by atoms with Gasteiger partial charge < -0.3 is 15.5 Å². The Labute approximate surface area is 106 Å². The number of rotatable bonds is 5. The fraction of sp³-hybridized carbons (Fsp3) is 1.00. The Kier molecular flexibility index (Phi) is 5.26. The first-order valence-corrected chi connectivity index (χ1v) is 7.44. The second kappa shape index (κ2) is 6.72. The predicted octanol–water partition coefficient (Wildman–Crippen LogP) is 1.39. The van der Waals surface area contributed by atoms with Crippen LogP contribution in [0.1, 0.15) is 32.6 Å². The molecule has 0 aromatic carbocycles. The summed E-state index contributed by atoms with van der Waals surface area (Å²) in [4.78, 5) is 5.27. The van der Waals surface area contributed by atoms with Gasteiger partial charge in [-0.2, -0.15) is 0 Å². The van der Waals surface area contributed by atoms with E-state index in [4.69, 9.17) is 5.73 Å².